The third kappa shape index (κ3) is 4.28. The Kier molecular flexibility index (Phi) is 5.08. The van der Waals surface area contributed by atoms with Gasteiger partial charge in [0.25, 0.3) is 0 Å². The maximum absolute atomic E-state index is 9.52. The molecule has 1 rings (SSSR count). The summed E-state index contributed by atoms with van der Waals surface area (Å²) in [6.07, 6.45) is 2.65. The zero-order valence-corrected chi connectivity index (χ0v) is 8.65. The van der Waals surface area contributed by atoms with Crippen LogP contribution in [-0.4, -0.2) is 17.8 Å². The maximum Gasteiger partial charge on any atom is 0.119 e. The van der Waals surface area contributed by atoms with E-state index in [9.17, 15) is 5.11 Å². The van der Waals surface area contributed by atoms with Gasteiger partial charge < -0.3 is 9.84 Å². The molecule has 0 aliphatic heterocycles. The van der Waals surface area contributed by atoms with Crippen molar-refractivity contribution in [2.45, 2.75) is 32.3 Å². The SMILES string of the molecule is CCCC[C@H](O)COc1ccccc1. The Morgan fingerprint density at radius 2 is 2.00 bits per heavy atom. The van der Waals surface area contributed by atoms with E-state index in [4.69, 9.17) is 4.74 Å². The third-order valence-corrected chi connectivity index (χ3v) is 2.08. The lowest BCUT2D eigenvalue weighted by Gasteiger charge is -2.11. The van der Waals surface area contributed by atoms with Crippen LogP contribution in [-0.2, 0) is 0 Å². The van der Waals surface area contributed by atoms with E-state index >= 15 is 0 Å². The number of aliphatic hydroxyl groups excluding tert-OH is 1. The highest BCUT2D eigenvalue weighted by Crippen LogP contribution is 2.09. The van der Waals surface area contributed by atoms with Crippen LogP contribution in [0.5, 0.6) is 5.75 Å². The summed E-state index contributed by atoms with van der Waals surface area (Å²) in [5.74, 6) is 0.822. The number of ether oxygens (including phenoxy) is 1. The van der Waals surface area contributed by atoms with Crippen molar-refractivity contribution >= 4 is 0 Å². The van der Waals surface area contributed by atoms with Crippen molar-refractivity contribution in [1.29, 1.82) is 0 Å². The average molecular weight is 194 g/mol. The van der Waals surface area contributed by atoms with Gasteiger partial charge in [-0.15, -0.1) is 0 Å². The molecular weight excluding hydrogens is 176 g/mol. The largest absolute Gasteiger partial charge is 0.491 e. The standard InChI is InChI=1S/C12H18O2/c1-2-3-7-11(13)10-14-12-8-5-4-6-9-12/h4-6,8-9,11,13H,2-3,7,10H2,1H3/t11-/m0/s1. The molecule has 0 heterocycles. The fraction of sp³-hybridized carbons (Fsp3) is 0.500. The molecule has 2 heteroatoms. The second-order valence-corrected chi connectivity index (χ2v) is 3.42. The zero-order valence-electron chi connectivity index (χ0n) is 8.65. The molecule has 0 saturated heterocycles. The van der Waals surface area contributed by atoms with Crippen LogP contribution >= 0.6 is 0 Å². The minimum Gasteiger partial charge on any atom is -0.491 e. The molecule has 0 aromatic heterocycles. The van der Waals surface area contributed by atoms with Crippen molar-refractivity contribution in [3.63, 3.8) is 0 Å². The van der Waals surface area contributed by atoms with Gasteiger partial charge in [-0.1, -0.05) is 38.0 Å². The third-order valence-electron chi connectivity index (χ3n) is 2.08. The summed E-state index contributed by atoms with van der Waals surface area (Å²) in [7, 11) is 0. The molecule has 0 aliphatic rings. The molecule has 78 valence electrons. The van der Waals surface area contributed by atoms with Gasteiger partial charge in [0.1, 0.15) is 12.4 Å². The first-order valence-electron chi connectivity index (χ1n) is 5.19. The van der Waals surface area contributed by atoms with E-state index in [2.05, 4.69) is 6.92 Å². The van der Waals surface area contributed by atoms with Crippen LogP contribution in [0.1, 0.15) is 26.2 Å². The van der Waals surface area contributed by atoms with Crippen molar-refractivity contribution in [3.8, 4) is 5.75 Å². The van der Waals surface area contributed by atoms with Gasteiger partial charge in [-0.2, -0.15) is 0 Å². The van der Waals surface area contributed by atoms with Crippen LogP contribution in [0.25, 0.3) is 0 Å². The Labute approximate surface area is 85.5 Å². The molecule has 0 aliphatic carbocycles. The highest BCUT2D eigenvalue weighted by molar-refractivity contribution is 5.20. The van der Waals surface area contributed by atoms with Gasteiger partial charge in [0.15, 0.2) is 0 Å². The Hall–Kier alpha value is -1.02. The van der Waals surface area contributed by atoms with Crippen molar-refractivity contribution in [1.82, 2.24) is 0 Å². The number of hydrogen-bond donors (Lipinski definition) is 1. The second-order valence-electron chi connectivity index (χ2n) is 3.42. The highest BCUT2D eigenvalue weighted by atomic mass is 16.5. The lowest BCUT2D eigenvalue weighted by atomic mass is 10.2. The minimum absolute atomic E-state index is 0.338. The summed E-state index contributed by atoms with van der Waals surface area (Å²) in [6.45, 7) is 2.51. The molecule has 1 aromatic rings. The first kappa shape index (κ1) is 11.1. The molecule has 0 fully saturated rings. The van der Waals surface area contributed by atoms with E-state index in [0.717, 1.165) is 25.0 Å². The summed E-state index contributed by atoms with van der Waals surface area (Å²) in [4.78, 5) is 0. The lowest BCUT2D eigenvalue weighted by molar-refractivity contribution is 0.0980. The van der Waals surface area contributed by atoms with E-state index in [-0.39, 0.29) is 6.10 Å². The van der Waals surface area contributed by atoms with Crippen molar-refractivity contribution in [2.75, 3.05) is 6.61 Å². The Balaban J connectivity index is 2.20. The zero-order chi connectivity index (χ0) is 10.2. The average Bonchev–Trinajstić information content (AvgIpc) is 2.25. The highest BCUT2D eigenvalue weighted by Gasteiger charge is 2.03. The molecule has 1 atom stereocenters. The van der Waals surface area contributed by atoms with E-state index in [0.29, 0.717) is 6.61 Å². The number of unbranched alkanes of at least 4 members (excludes halogenated alkanes) is 1. The van der Waals surface area contributed by atoms with Crippen LogP contribution in [0.2, 0.25) is 0 Å². The Bertz CT molecular complexity index is 233. The quantitative estimate of drug-likeness (QED) is 0.754. The summed E-state index contributed by atoms with van der Waals surface area (Å²) in [5, 5.41) is 9.52. The van der Waals surface area contributed by atoms with Crippen LogP contribution in [0, 0.1) is 0 Å². The smallest absolute Gasteiger partial charge is 0.119 e. The fourth-order valence-electron chi connectivity index (χ4n) is 1.23. The molecule has 0 spiro atoms. The van der Waals surface area contributed by atoms with Crippen molar-refractivity contribution in [3.05, 3.63) is 30.3 Å². The fourth-order valence-corrected chi connectivity index (χ4v) is 1.23. The topological polar surface area (TPSA) is 29.5 Å². The number of benzene rings is 1. The van der Waals surface area contributed by atoms with Gasteiger partial charge in [0.2, 0.25) is 0 Å². The summed E-state index contributed by atoms with van der Waals surface area (Å²) < 4.78 is 5.41. The molecule has 2 nitrogen and oxygen atoms in total. The molecule has 14 heavy (non-hydrogen) atoms. The van der Waals surface area contributed by atoms with Crippen LogP contribution < -0.4 is 4.74 Å². The van der Waals surface area contributed by atoms with Gasteiger partial charge in [-0.3, -0.25) is 0 Å². The molecule has 1 N–H and O–H groups in total. The van der Waals surface area contributed by atoms with Gasteiger partial charge in [-0.05, 0) is 18.6 Å². The monoisotopic (exact) mass is 194 g/mol. The number of rotatable bonds is 6. The van der Waals surface area contributed by atoms with Crippen LogP contribution in [0.15, 0.2) is 30.3 Å². The minimum atomic E-state index is -0.338. The maximum atomic E-state index is 9.52. The second kappa shape index (κ2) is 6.44. The molecule has 0 bridgehead atoms. The number of aliphatic hydroxyl groups is 1. The number of hydrogen-bond acceptors (Lipinski definition) is 2. The predicted octanol–water partition coefficient (Wildman–Crippen LogP) is 2.62. The van der Waals surface area contributed by atoms with E-state index in [1.165, 1.54) is 0 Å². The lowest BCUT2D eigenvalue weighted by Crippen LogP contribution is -2.17. The molecule has 0 unspecified atom stereocenters. The normalized spacial score (nSPS) is 12.4. The Morgan fingerprint density at radius 1 is 1.29 bits per heavy atom. The van der Waals surface area contributed by atoms with Crippen LogP contribution in [0.4, 0.5) is 0 Å². The van der Waals surface area contributed by atoms with E-state index in [1.807, 2.05) is 30.3 Å². The van der Waals surface area contributed by atoms with Crippen LogP contribution in [0.3, 0.4) is 0 Å². The van der Waals surface area contributed by atoms with Crippen molar-refractivity contribution in [2.24, 2.45) is 0 Å². The first-order valence-corrected chi connectivity index (χ1v) is 5.19. The molecular formula is C12H18O2. The van der Waals surface area contributed by atoms with E-state index in [1.54, 1.807) is 0 Å². The predicted molar refractivity (Wildman–Crippen MR) is 57.5 cm³/mol. The first-order chi connectivity index (χ1) is 6.83. The van der Waals surface area contributed by atoms with Gasteiger partial charge in [-0.25, -0.2) is 0 Å². The van der Waals surface area contributed by atoms with Crippen molar-refractivity contribution < 1.29 is 9.84 Å². The van der Waals surface area contributed by atoms with Gasteiger partial charge >= 0.3 is 0 Å². The molecule has 0 saturated carbocycles. The van der Waals surface area contributed by atoms with E-state index < -0.39 is 0 Å². The molecule has 0 radical (unpaired) electrons. The van der Waals surface area contributed by atoms with Gasteiger partial charge in [0, 0.05) is 0 Å². The Morgan fingerprint density at radius 3 is 2.64 bits per heavy atom. The number of para-hydroxylation sites is 1. The molecule has 1 aromatic carbocycles. The summed E-state index contributed by atoms with van der Waals surface area (Å²) >= 11 is 0. The summed E-state index contributed by atoms with van der Waals surface area (Å²) in [5.41, 5.74) is 0. The van der Waals surface area contributed by atoms with Gasteiger partial charge in [0.05, 0.1) is 6.10 Å². The summed E-state index contributed by atoms with van der Waals surface area (Å²) in [6, 6.07) is 9.58. The molecule has 0 amide bonds.